The van der Waals surface area contributed by atoms with Crippen molar-refractivity contribution in [3.05, 3.63) is 77.9 Å². The predicted octanol–water partition coefficient (Wildman–Crippen LogP) is 2.67. The zero-order chi connectivity index (χ0) is 22.9. The third kappa shape index (κ3) is 4.50. The summed E-state index contributed by atoms with van der Waals surface area (Å²) in [5, 5.41) is 1.42. The monoisotopic (exact) mass is 469 g/mol. The molecule has 32 heavy (non-hydrogen) atoms. The number of hydrogen-bond acceptors (Lipinski definition) is 5. The Labute approximate surface area is 192 Å². The van der Waals surface area contributed by atoms with Crippen molar-refractivity contribution in [3.63, 3.8) is 0 Å². The number of thiol groups is 1. The fourth-order valence-electron chi connectivity index (χ4n) is 3.73. The van der Waals surface area contributed by atoms with Crippen LogP contribution in [0.5, 0.6) is 0 Å². The molecule has 4 rings (SSSR count). The normalized spacial score (nSPS) is 19.1. The lowest BCUT2D eigenvalue weighted by Gasteiger charge is -2.23. The minimum absolute atomic E-state index is 0.0995. The zero-order valence-electron chi connectivity index (χ0n) is 17.4. The van der Waals surface area contributed by atoms with E-state index in [4.69, 9.17) is 0 Å². The Kier molecular flexibility index (Phi) is 6.23. The van der Waals surface area contributed by atoms with Gasteiger partial charge in [-0.05, 0) is 48.4 Å². The van der Waals surface area contributed by atoms with Gasteiger partial charge in [-0.15, -0.1) is 0 Å². The van der Waals surface area contributed by atoms with Crippen molar-refractivity contribution in [1.82, 2.24) is 15.2 Å². The molecule has 1 aliphatic heterocycles. The second-order valence-corrected chi connectivity index (χ2v) is 10.4. The van der Waals surface area contributed by atoms with Gasteiger partial charge >= 0.3 is 0 Å². The van der Waals surface area contributed by atoms with E-state index in [1.807, 2.05) is 31.2 Å². The summed E-state index contributed by atoms with van der Waals surface area (Å²) in [6.45, 7) is 2.00. The Bertz CT molecular complexity index is 1280. The highest BCUT2D eigenvalue weighted by atomic mass is 32.2. The lowest BCUT2D eigenvalue weighted by atomic mass is 10.1. The molecule has 1 fully saturated rings. The zero-order valence-corrected chi connectivity index (χ0v) is 19.1. The van der Waals surface area contributed by atoms with Gasteiger partial charge in [0, 0.05) is 17.4 Å². The standard InChI is InChI=1S/C23H23N3O4S2/c1-15-6-8-17(9-7-15)22(27)24-25-23(28)21-13-19(31)14-26(21)32(29,30)20-11-10-16-4-2-3-5-18(16)12-20/h2-12,19,21,31H,13-14H2,1H3,(H,24,27)(H,25,28)/t19-,21+/m1/s1. The number of sulfonamides is 1. The molecule has 0 saturated carbocycles. The van der Waals surface area contributed by atoms with E-state index in [-0.39, 0.29) is 23.1 Å². The number of rotatable bonds is 4. The molecule has 0 spiro atoms. The van der Waals surface area contributed by atoms with Crippen molar-refractivity contribution in [2.45, 2.75) is 29.5 Å². The maximum atomic E-state index is 13.4. The summed E-state index contributed by atoms with van der Waals surface area (Å²) in [5.74, 6) is -1.09. The van der Waals surface area contributed by atoms with E-state index >= 15 is 0 Å². The van der Waals surface area contributed by atoms with Crippen LogP contribution >= 0.6 is 12.6 Å². The van der Waals surface area contributed by atoms with Crippen LogP contribution in [0, 0.1) is 6.92 Å². The summed E-state index contributed by atoms with van der Waals surface area (Å²) in [7, 11) is -3.94. The number of nitrogens with one attached hydrogen (secondary N) is 2. The second-order valence-electron chi connectivity index (χ2n) is 7.80. The van der Waals surface area contributed by atoms with E-state index in [2.05, 4.69) is 23.5 Å². The van der Waals surface area contributed by atoms with E-state index in [1.165, 1.54) is 6.07 Å². The average Bonchev–Trinajstić information content (AvgIpc) is 3.20. The van der Waals surface area contributed by atoms with Gasteiger partial charge in [0.05, 0.1) is 4.90 Å². The summed E-state index contributed by atoms with van der Waals surface area (Å²) in [4.78, 5) is 25.2. The quantitative estimate of drug-likeness (QED) is 0.404. The van der Waals surface area contributed by atoms with Crippen LogP contribution in [0.4, 0.5) is 0 Å². The molecule has 2 amide bonds. The topological polar surface area (TPSA) is 95.6 Å². The molecule has 166 valence electrons. The Balaban J connectivity index is 1.52. The molecule has 0 aliphatic carbocycles. The molecule has 1 aliphatic rings. The van der Waals surface area contributed by atoms with Crippen molar-refractivity contribution in [2.75, 3.05) is 6.54 Å². The lowest BCUT2D eigenvalue weighted by molar-refractivity contribution is -0.124. The van der Waals surface area contributed by atoms with Crippen LogP contribution in [0.2, 0.25) is 0 Å². The van der Waals surface area contributed by atoms with Gasteiger partial charge in [0.1, 0.15) is 6.04 Å². The van der Waals surface area contributed by atoms with Crippen molar-refractivity contribution >= 4 is 45.2 Å². The van der Waals surface area contributed by atoms with Gasteiger partial charge in [0.25, 0.3) is 11.8 Å². The number of carbonyl (C=O) groups excluding carboxylic acids is 2. The first-order valence-electron chi connectivity index (χ1n) is 10.1. The molecule has 3 aromatic rings. The lowest BCUT2D eigenvalue weighted by Crippen LogP contribution is -2.51. The Hall–Kier alpha value is -2.88. The van der Waals surface area contributed by atoms with Gasteiger partial charge in [-0.3, -0.25) is 20.4 Å². The highest BCUT2D eigenvalue weighted by Crippen LogP contribution is 2.30. The fraction of sp³-hybridized carbons (Fsp3) is 0.217. The Morgan fingerprint density at radius 3 is 2.38 bits per heavy atom. The molecule has 7 nitrogen and oxygen atoms in total. The molecular formula is C23H23N3O4S2. The largest absolute Gasteiger partial charge is 0.271 e. The van der Waals surface area contributed by atoms with E-state index in [1.54, 1.807) is 36.4 Å². The molecule has 2 atom stereocenters. The number of benzene rings is 3. The molecule has 0 aromatic heterocycles. The van der Waals surface area contributed by atoms with Crippen LogP contribution in [0.15, 0.2) is 71.6 Å². The number of amides is 2. The second kappa shape index (κ2) is 8.93. The summed E-state index contributed by atoms with van der Waals surface area (Å²) in [5.41, 5.74) is 6.11. The number of aryl methyl sites for hydroxylation is 1. The van der Waals surface area contributed by atoms with Gasteiger partial charge in [-0.1, -0.05) is 48.0 Å². The van der Waals surface area contributed by atoms with Crippen molar-refractivity contribution in [3.8, 4) is 0 Å². The van der Waals surface area contributed by atoms with E-state index < -0.39 is 27.9 Å². The minimum Gasteiger partial charge on any atom is -0.271 e. The number of carbonyl (C=O) groups is 2. The average molecular weight is 470 g/mol. The Morgan fingerprint density at radius 1 is 0.969 bits per heavy atom. The van der Waals surface area contributed by atoms with Crippen molar-refractivity contribution in [1.29, 1.82) is 0 Å². The molecule has 1 saturated heterocycles. The Morgan fingerprint density at radius 2 is 1.66 bits per heavy atom. The summed E-state index contributed by atoms with van der Waals surface area (Å²) in [6.07, 6.45) is 0.238. The maximum Gasteiger partial charge on any atom is 0.269 e. The smallest absolute Gasteiger partial charge is 0.269 e. The van der Waals surface area contributed by atoms with Gasteiger partial charge in [-0.2, -0.15) is 16.9 Å². The minimum atomic E-state index is -3.94. The summed E-state index contributed by atoms with van der Waals surface area (Å²) >= 11 is 4.41. The third-order valence-electron chi connectivity index (χ3n) is 5.48. The van der Waals surface area contributed by atoms with Gasteiger partial charge in [-0.25, -0.2) is 8.42 Å². The maximum absolute atomic E-state index is 13.4. The van der Waals surface area contributed by atoms with E-state index in [9.17, 15) is 18.0 Å². The summed E-state index contributed by atoms with van der Waals surface area (Å²) in [6, 6.07) is 18.2. The first-order valence-corrected chi connectivity index (χ1v) is 12.1. The highest BCUT2D eigenvalue weighted by molar-refractivity contribution is 7.89. The van der Waals surface area contributed by atoms with Gasteiger partial charge in [0.2, 0.25) is 10.0 Å². The van der Waals surface area contributed by atoms with Gasteiger partial charge < -0.3 is 0 Å². The third-order valence-corrected chi connectivity index (χ3v) is 7.72. The van der Waals surface area contributed by atoms with Gasteiger partial charge in [0.15, 0.2) is 0 Å². The molecule has 3 aromatic carbocycles. The van der Waals surface area contributed by atoms with Crippen LogP contribution in [0.3, 0.4) is 0 Å². The molecular weight excluding hydrogens is 446 g/mol. The fourth-order valence-corrected chi connectivity index (χ4v) is 5.90. The van der Waals surface area contributed by atoms with Crippen LogP contribution < -0.4 is 10.9 Å². The molecule has 2 N–H and O–H groups in total. The molecule has 0 unspecified atom stereocenters. The molecule has 0 radical (unpaired) electrons. The first-order chi connectivity index (χ1) is 15.3. The molecule has 9 heteroatoms. The number of fused-ring (bicyclic) bond motifs is 1. The van der Waals surface area contributed by atoms with E-state index in [0.717, 1.165) is 20.6 Å². The molecule has 0 bridgehead atoms. The van der Waals surface area contributed by atoms with E-state index in [0.29, 0.717) is 5.56 Å². The molecule has 1 heterocycles. The van der Waals surface area contributed by atoms with Crippen molar-refractivity contribution in [2.24, 2.45) is 0 Å². The number of hydrazine groups is 1. The number of nitrogens with zero attached hydrogens (tertiary/aromatic N) is 1. The highest BCUT2D eigenvalue weighted by Gasteiger charge is 2.43. The first kappa shape index (κ1) is 22.3. The van der Waals surface area contributed by atoms with Crippen LogP contribution in [-0.4, -0.2) is 42.4 Å². The van der Waals surface area contributed by atoms with Crippen LogP contribution in [0.25, 0.3) is 10.8 Å². The number of hydrogen-bond donors (Lipinski definition) is 3. The van der Waals surface area contributed by atoms with Crippen LogP contribution in [-0.2, 0) is 14.8 Å². The predicted molar refractivity (Wildman–Crippen MR) is 126 cm³/mol. The SMILES string of the molecule is Cc1ccc(C(=O)NNC(=O)[C@@H]2C[C@@H](S)CN2S(=O)(=O)c2ccc3ccccc3c2)cc1. The van der Waals surface area contributed by atoms with Crippen LogP contribution in [0.1, 0.15) is 22.3 Å². The van der Waals surface area contributed by atoms with Crippen molar-refractivity contribution < 1.29 is 18.0 Å². The summed E-state index contributed by atoms with van der Waals surface area (Å²) < 4.78 is 27.9.